The summed E-state index contributed by atoms with van der Waals surface area (Å²) in [7, 11) is 0. The summed E-state index contributed by atoms with van der Waals surface area (Å²) in [6.07, 6.45) is -0.298. The van der Waals surface area contributed by atoms with Crippen molar-refractivity contribution in [3.63, 3.8) is 0 Å². The molecule has 1 heterocycles. The van der Waals surface area contributed by atoms with Crippen LogP contribution in [-0.4, -0.2) is 23.5 Å². The lowest BCUT2D eigenvalue weighted by Gasteiger charge is -2.10. The van der Waals surface area contributed by atoms with Crippen LogP contribution in [0.5, 0.6) is 0 Å². The zero-order chi connectivity index (χ0) is 16.7. The number of aliphatic hydroxyl groups is 1. The number of halogens is 1. The molecule has 0 bridgehead atoms. The van der Waals surface area contributed by atoms with Crippen LogP contribution in [0, 0.1) is 0 Å². The van der Waals surface area contributed by atoms with E-state index in [1.807, 2.05) is 16.8 Å². The van der Waals surface area contributed by atoms with Gasteiger partial charge >= 0.3 is 11.8 Å². The molecule has 0 aliphatic rings. The maximum absolute atomic E-state index is 11.7. The zero-order valence-corrected chi connectivity index (χ0v) is 13.9. The van der Waals surface area contributed by atoms with Crippen molar-refractivity contribution in [1.29, 1.82) is 0 Å². The third kappa shape index (κ3) is 5.35. The lowest BCUT2D eigenvalue weighted by Crippen LogP contribution is -2.40. The van der Waals surface area contributed by atoms with Crippen LogP contribution in [0.3, 0.4) is 0 Å². The number of benzene rings is 1. The van der Waals surface area contributed by atoms with Gasteiger partial charge in [0, 0.05) is 18.1 Å². The van der Waals surface area contributed by atoms with Crippen LogP contribution in [-0.2, 0) is 16.1 Å². The highest BCUT2D eigenvalue weighted by molar-refractivity contribution is 7.07. The Hall–Kier alpha value is -1.89. The number of aliphatic hydroxyl groups excluding tert-OH is 1. The summed E-state index contributed by atoms with van der Waals surface area (Å²) in [5, 5.41) is 19.1. The summed E-state index contributed by atoms with van der Waals surface area (Å²) in [6.45, 7) is 0.402. The van der Waals surface area contributed by atoms with Crippen molar-refractivity contribution in [2.45, 2.75) is 19.1 Å². The van der Waals surface area contributed by atoms with Gasteiger partial charge in [-0.05, 0) is 40.4 Å². The first kappa shape index (κ1) is 17.5. The molecule has 0 spiro atoms. The predicted molar refractivity (Wildman–Crippen MR) is 90.2 cm³/mol. The van der Waals surface area contributed by atoms with Crippen molar-refractivity contribution >= 4 is 34.8 Å². The van der Waals surface area contributed by atoms with E-state index in [0.717, 1.165) is 11.1 Å². The van der Waals surface area contributed by atoms with Crippen molar-refractivity contribution in [2.24, 2.45) is 0 Å². The first-order chi connectivity index (χ1) is 11.1. The van der Waals surface area contributed by atoms with Crippen LogP contribution in [0.4, 0.5) is 0 Å². The fraction of sp³-hybridized carbons (Fsp3) is 0.250. The van der Waals surface area contributed by atoms with Crippen LogP contribution in [0.2, 0.25) is 5.02 Å². The average Bonchev–Trinajstić information content (AvgIpc) is 3.08. The minimum Gasteiger partial charge on any atom is -0.388 e. The SMILES string of the molecule is O=C(NCCC(O)c1ccsc1)C(=O)NCc1ccccc1Cl. The predicted octanol–water partition coefficient (Wildman–Crippen LogP) is 2.26. The van der Waals surface area contributed by atoms with Crippen LogP contribution >= 0.6 is 22.9 Å². The summed E-state index contributed by atoms with van der Waals surface area (Å²) in [5.74, 6) is -1.45. The quantitative estimate of drug-likeness (QED) is 0.698. The van der Waals surface area contributed by atoms with Crippen molar-refractivity contribution in [3.05, 3.63) is 57.2 Å². The van der Waals surface area contributed by atoms with E-state index in [4.69, 9.17) is 11.6 Å². The highest BCUT2D eigenvalue weighted by Crippen LogP contribution is 2.18. The molecule has 1 aromatic heterocycles. The zero-order valence-electron chi connectivity index (χ0n) is 12.3. The lowest BCUT2D eigenvalue weighted by atomic mass is 10.1. The van der Waals surface area contributed by atoms with Gasteiger partial charge in [-0.2, -0.15) is 11.3 Å². The van der Waals surface area contributed by atoms with E-state index in [2.05, 4.69) is 10.6 Å². The molecule has 2 rings (SSSR count). The van der Waals surface area contributed by atoms with Gasteiger partial charge in [0.25, 0.3) is 0 Å². The molecule has 2 aromatic rings. The summed E-state index contributed by atoms with van der Waals surface area (Å²) in [6, 6.07) is 8.92. The number of thiophene rings is 1. The molecule has 23 heavy (non-hydrogen) atoms. The molecular weight excluding hydrogens is 336 g/mol. The molecule has 122 valence electrons. The third-order valence-electron chi connectivity index (χ3n) is 3.23. The van der Waals surface area contributed by atoms with Crippen molar-refractivity contribution in [2.75, 3.05) is 6.54 Å². The van der Waals surface area contributed by atoms with Gasteiger partial charge in [-0.15, -0.1) is 0 Å². The van der Waals surface area contributed by atoms with Gasteiger partial charge in [-0.25, -0.2) is 0 Å². The molecule has 0 radical (unpaired) electrons. The third-order valence-corrected chi connectivity index (χ3v) is 4.30. The number of nitrogens with one attached hydrogen (secondary N) is 2. The maximum atomic E-state index is 11.7. The van der Waals surface area contributed by atoms with E-state index in [0.29, 0.717) is 11.4 Å². The fourth-order valence-electron chi connectivity index (χ4n) is 1.93. The molecule has 0 aliphatic carbocycles. The first-order valence-corrected chi connectivity index (χ1v) is 8.39. The standard InChI is InChI=1S/C16H17ClN2O3S/c17-13-4-2-1-3-11(13)9-19-16(22)15(21)18-7-5-14(20)12-6-8-23-10-12/h1-4,6,8,10,14,20H,5,7,9H2,(H,18,21)(H,19,22). The smallest absolute Gasteiger partial charge is 0.309 e. The second-order valence-corrected chi connectivity index (χ2v) is 6.08. The Morgan fingerprint density at radius 2 is 1.91 bits per heavy atom. The molecule has 7 heteroatoms. The van der Waals surface area contributed by atoms with E-state index in [1.165, 1.54) is 11.3 Å². The molecule has 1 atom stereocenters. The fourth-order valence-corrected chi connectivity index (χ4v) is 2.84. The molecule has 5 nitrogen and oxygen atoms in total. The molecule has 0 aliphatic heterocycles. The lowest BCUT2D eigenvalue weighted by molar-refractivity contribution is -0.139. The van der Waals surface area contributed by atoms with Gasteiger partial charge in [0.2, 0.25) is 0 Å². The number of carbonyl (C=O) groups excluding carboxylic acids is 2. The summed E-state index contributed by atoms with van der Waals surface area (Å²) in [5.41, 5.74) is 1.55. The van der Waals surface area contributed by atoms with E-state index < -0.39 is 17.9 Å². The van der Waals surface area contributed by atoms with Crippen molar-refractivity contribution < 1.29 is 14.7 Å². The van der Waals surface area contributed by atoms with Crippen molar-refractivity contribution in [3.8, 4) is 0 Å². The minimum absolute atomic E-state index is 0.184. The largest absolute Gasteiger partial charge is 0.388 e. The second-order valence-electron chi connectivity index (χ2n) is 4.89. The Morgan fingerprint density at radius 3 is 2.61 bits per heavy atom. The topological polar surface area (TPSA) is 78.4 Å². The molecule has 0 saturated carbocycles. The van der Waals surface area contributed by atoms with Crippen molar-refractivity contribution in [1.82, 2.24) is 10.6 Å². The van der Waals surface area contributed by atoms with Gasteiger partial charge in [-0.3, -0.25) is 9.59 Å². The van der Waals surface area contributed by atoms with Crippen LogP contribution in [0.1, 0.15) is 23.7 Å². The Balaban J connectivity index is 1.71. The molecule has 3 N–H and O–H groups in total. The van der Waals surface area contributed by atoms with E-state index >= 15 is 0 Å². The summed E-state index contributed by atoms with van der Waals surface area (Å²) < 4.78 is 0. The minimum atomic E-state index is -0.727. The van der Waals surface area contributed by atoms with Crippen LogP contribution < -0.4 is 10.6 Å². The van der Waals surface area contributed by atoms with Gasteiger partial charge in [0.05, 0.1) is 6.10 Å². The van der Waals surface area contributed by atoms with Gasteiger partial charge in [-0.1, -0.05) is 29.8 Å². The molecular formula is C16H17ClN2O3S. The Bertz CT molecular complexity index is 661. The number of amides is 2. The highest BCUT2D eigenvalue weighted by atomic mass is 35.5. The molecule has 2 amide bonds. The van der Waals surface area contributed by atoms with Gasteiger partial charge in [0.1, 0.15) is 0 Å². The normalized spacial score (nSPS) is 11.7. The molecule has 1 unspecified atom stereocenters. The highest BCUT2D eigenvalue weighted by Gasteiger charge is 2.14. The Morgan fingerprint density at radius 1 is 1.17 bits per heavy atom. The summed E-state index contributed by atoms with van der Waals surface area (Å²) >= 11 is 7.47. The van der Waals surface area contributed by atoms with Crippen LogP contribution in [0.15, 0.2) is 41.1 Å². The number of carbonyl (C=O) groups is 2. The molecule has 1 aromatic carbocycles. The maximum Gasteiger partial charge on any atom is 0.309 e. The Kier molecular flexibility index (Phi) is 6.58. The monoisotopic (exact) mass is 352 g/mol. The first-order valence-electron chi connectivity index (χ1n) is 7.07. The number of rotatable bonds is 6. The second kappa shape index (κ2) is 8.67. The average molecular weight is 353 g/mol. The number of hydrogen-bond donors (Lipinski definition) is 3. The number of hydrogen-bond acceptors (Lipinski definition) is 4. The van der Waals surface area contributed by atoms with E-state index in [1.54, 1.807) is 24.3 Å². The molecule has 0 fully saturated rings. The molecule has 0 saturated heterocycles. The van der Waals surface area contributed by atoms with Gasteiger partial charge < -0.3 is 15.7 Å². The van der Waals surface area contributed by atoms with Gasteiger partial charge in [0.15, 0.2) is 0 Å². The van der Waals surface area contributed by atoms with E-state index in [-0.39, 0.29) is 13.1 Å². The summed E-state index contributed by atoms with van der Waals surface area (Å²) in [4.78, 5) is 23.4. The van der Waals surface area contributed by atoms with E-state index in [9.17, 15) is 14.7 Å². The van der Waals surface area contributed by atoms with Crippen LogP contribution in [0.25, 0.3) is 0 Å². The Labute approximate surface area is 143 Å².